The molecule has 0 heterocycles. The van der Waals surface area contributed by atoms with Gasteiger partial charge in [0.05, 0.1) is 13.2 Å². The SMILES string of the molecule is COc1ccc(CCC(N)C(OC)C(C)(C)C)cc1. The van der Waals surface area contributed by atoms with E-state index in [1.54, 1.807) is 14.2 Å². The minimum absolute atomic E-state index is 0.0482. The quantitative estimate of drug-likeness (QED) is 0.860. The van der Waals surface area contributed by atoms with E-state index >= 15 is 0 Å². The summed E-state index contributed by atoms with van der Waals surface area (Å²) in [5.41, 5.74) is 7.61. The molecule has 19 heavy (non-hydrogen) atoms. The molecular formula is C16H27NO2. The van der Waals surface area contributed by atoms with E-state index in [2.05, 4.69) is 32.9 Å². The first kappa shape index (κ1) is 16.0. The molecule has 3 nitrogen and oxygen atoms in total. The maximum Gasteiger partial charge on any atom is 0.118 e. The summed E-state index contributed by atoms with van der Waals surface area (Å²) < 4.78 is 10.7. The number of hydrogen-bond acceptors (Lipinski definition) is 3. The lowest BCUT2D eigenvalue weighted by Crippen LogP contribution is -2.44. The molecule has 1 rings (SSSR count). The van der Waals surface area contributed by atoms with E-state index in [1.165, 1.54) is 5.56 Å². The molecule has 1 aromatic rings. The van der Waals surface area contributed by atoms with Gasteiger partial charge in [0.25, 0.3) is 0 Å². The summed E-state index contributed by atoms with van der Waals surface area (Å²) in [6, 6.07) is 8.19. The first-order chi connectivity index (χ1) is 8.88. The average molecular weight is 265 g/mol. The number of methoxy groups -OCH3 is 2. The molecule has 3 heteroatoms. The van der Waals surface area contributed by atoms with Crippen LogP contribution in [0, 0.1) is 5.41 Å². The summed E-state index contributed by atoms with van der Waals surface area (Å²) >= 11 is 0. The van der Waals surface area contributed by atoms with Gasteiger partial charge in [0.2, 0.25) is 0 Å². The fourth-order valence-electron chi connectivity index (χ4n) is 2.45. The third-order valence-corrected chi connectivity index (χ3v) is 3.42. The minimum Gasteiger partial charge on any atom is -0.497 e. The van der Waals surface area contributed by atoms with Crippen LogP contribution in [0.25, 0.3) is 0 Å². The minimum atomic E-state index is 0.0482. The zero-order valence-electron chi connectivity index (χ0n) is 12.8. The zero-order chi connectivity index (χ0) is 14.5. The highest BCUT2D eigenvalue weighted by atomic mass is 16.5. The molecule has 0 aliphatic carbocycles. The summed E-state index contributed by atoms with van der Waals surface area (Å²) in [6.07, 6.45) is 1.95. The Morgan fingerprint density at radius 1 is 1.11 bits per heavy atom. The van der Waals surface area contributed by atoms with Gasteiger partial charge in [-0.15, -0.1) is 0 Å². The van der Waals surface area contributed by atoms with Crippen LogP contribution >= 0.6 is 0 Å². The zero-order valence-corrected chi connectivity index (χ0v) is 12.8. The highest BCUT2D eigenvalue weighted by Gasteiger charge is 2.29. The van der Waals surface area contributed by atoms with Gasteiger partial charge in [-0.25, -0.2) is 0 Å². The van der Waals surface area contributed by atoms with Gasteiger partial charge in [0.1, 0.15) is 5.75 Å². The van der Waals surface area contributed by atoms with Gasteiger partial charge < -0.3 is 15.2 Å². The lowest BCUT2D eigenvalue weighted by molar-refractivity contribution is -0.00348. The second kappa shape index (κ2) is 6.92. The molecule has 0 saturated heterocycles. The Labute approximate surface area is 117 Å². The van der Waals surface area contributed by atoms with Gasteiger partial charge in [-0.3, -0.25) is 0 Å². The molecule has 2 N–H and O–H groups in total. The summed E-state index contributed by atoms with van der Waals surface area (Å²) in [4.78, 5) is 0. The van der Waals surface area contributed by atoms with Crippen molar-refractivity contribution in [3.63, 3.8) is 0 Å². The van der Waals surface area contributed by atoms with E-state index in [4.69, 9.17) is 15.2 Å². The predicted octanol–water partition coefficient (Wildman–Crippen LogP) is 3.02. The fraction of sp³-hybridized carbons (Fsp3) is 0.625. The van der Waals surface area contributed by atoms with Crippen LogP contribution in [-0.4, -0.2) is 26.4 Å². The van der Waals surface area contributed by atoms with E-state index < -0.39 is 0 Å². The van der Waals surface area contributed by atoms with E-state index in [0.29, 0.717) is 0 Å². The Balaban J connectivity index is 2.55. The fourth-order valence-corrected chi connectivity index (χ4v) is 2.45. The molecule has 0 aromatic heterocycles. The molecular weight excluding hydrogens is 238 g/mol. The monoisotopic (exact) mass is 265 g/mol. The number of benzene rings is 1. The molecule has 0 saturated carbocycles. The van der Waals surface area contributed by atoms with Crippen LogP contribution in [0.4, 0.5) is 0 Å². The largest absolute Gasteiger partial charge is 0.497 e. The maximum absolute atomic E-state index is 6.27. The Morgan fingerprint density at radius 3 is 2.11 bits per heavy atom. The van der Waals surface area contributed by atoms with E-state index in [0.717, 1.165) is 18.6 Å². The molecule has 1 aromatic carbocycles. The summed E-state index contributed by atoms with van der Waals surface area (Å²) in [5, 5.41) is 0. The number of rotatable bonds is 6. The van der Waals surface area contributed by atoms with Crippen molar-refractivity contribution >= 4 is 0 Å². The lowest BCUT2D eigenvalue weighted by atomic mass is 9.83. The molecule has 0 amide bonds. The van der Waals surface area contributed by atoms with Gasteiger partial charge in [-0.05, 0) is 36.0 Å². The van der Waals surface area contributed by atoms with Crippen LogP contribution in [0.2, 0.25) is 0 Å². The second-order valence-corrected chi connectivity index (χ2v) is 6.07. The topological polar surface area (TPSA) is 44.5 Å². The van der Waals surface area contributed by atoms with Crippen LogP contribution in [0.1, 0.15) is 32.8 Å². The molecule has 0 aliphatic rings. The molecule has 0 bridgehead atoms. The van der Waals surface area contributed by atoms with Crippen LogP contribution in [0.15, 0.2) is 24.3 Å². The van der Waals surface area contributed by atoms with Crippen LogP contribution < -0.4 is 10.5 Å². The number of hydrogen-bond donors (Lipinski definition) is 1. The molecule has 2 atom stereocenters. The van der Waals surface area contributed by atoms with E-state index in [1.807, 2.05) is 12.1 Å². The first-order valence-corrected chi connectivity index (χ1v) is 6.79. The Morgan fingerprint density at radius 2 is 1.68 bits per heavy atom. The molecule has 0 fully saturated rings. The predicted molar refractivity (Wildman–Crippen MR) is 79.5 cm³/mol. The van der Waals surface area contributed by atoms with Crippen molar-refractivity contribution in [2.24, 2.45) is 11.1 Å². The van der Waals surface area contributed by atoms with Gasteiger partial charge in [0.15, 0.2) is 0 Å². The van der Waals surface area contributed by atoms with Crippen molar-refractivity contribution in [3.05, 3.63) is 29.8 Å². The van der Waals surface area contributed by atoms with Gasteiger partial charge in [0, 0.05) is 13.2 Å². The standard InChI is InChI=1S/C16H27NO2/c1-16(2,3)15(19-5)14(17)11-8-12-6-9-13(18-4)10-7-12/h6-7,9-10,14-15H,8,11,17H2,1-5H3. The smallest absolute Gasteiger partial charge is 0.118 e. The lowest BCUT2D eigenvalue weighted by Gasteiger charge is -2.34. The van der Waals surface area contributed by atoms with Crippen LogP contribution in [0.5, 0.6) is 5.75 Å². The third kappa shape index (κ3) is 4.84. The third-order valence-electron chi connectivity index (χ3n) is 3.42. The van der Waals surface area contributed by atoms with Crippen molar-refractivity contribution in [3.8, 4) is 5.75 Å². The van der Waals surface area contributed by atoms with Crippen molar-refractivity contribution in [2.75, 3.05) is 14.2 Å². The highest BCUT2D eigenvalue weighted by molar-refractivity contribution is 5.27. The summed E-state index contributed by atoms with van der Waals surface area (Å²) in [5.74, 6) is 0.887. The van der Waals surface area contributed by atoms with Crippen molar-refractivity contribution in [2.45, 2.75) is 45.8 Å². The number of aryl methyl sites for hydroxylation is 1. The molecule has 2 unspecified atom stereocenters. The Kier molecular flexibility index (Phi) is 5.83. The highest BCUT2D eigenvalue weighted by Crippen LogP contribution is 2.25. The summed E-state index contributed by atoms with van der Waals surface area (Å²) in [6.45, 7) is 6.48. The van der Waals surface area contributed by atoms with Crippen molar-refractivity contribution < 1.29 is 9.47 Å². The maximum atomic E-state index is 6.27. The molecule has 0 radical (unpaired) electrons. The van der Waals surface area contributed by atoms with Gasteiger partial charge in [-0.1, -0.05) is 32.9 Å². The average Bonchev–Trinajstić information content (AvgIpc) is 2.36. The van der Waals surface area contributed by atoms with E-state index in [9.17, 15) is 0 Å². The number of ether oxygens (including phenoxy) is 2. The first-order valence-electron chi connectivity index (χ1n) is 6.79. The van der Waals surface area contributed by atoms with Crippen molar-refractivity contribution in [1.82, 2.24) is 0 Å². The molecule has 108 valence electrons. The van der Waals surface area contributed by atoms with E-state index in [-0.39, 0.29) is 17.6 Å². The Bertz CT molecular complexity index is 367. The van der Waals surface area contributed by atoms with Gasteiger partial charge >= 0.3 is 0 Å². The normalized spacial score (nSPS) is 15.1. The number of nitrogens with two attached hydrogens (primary N) is 1. The van der Waals surface area contributed by atoms with Crippen LogP contribution in [0.3, 0.4) is 0 Å². The Hall–Kier alpha value is -1.06. The van der Waals surface area contributed by atoms with Gasteiger partial charge in [-0.2, -0.15) is 0 Å². The van der Waals surface area contributed by atoms with Crippen LogP contribution in [-0.2, 0) is 11.2 Å². The second-order valence-electron chi connectivity index (χ2n) is 6.07. The molecule has 0 aliphatic heterocycles. The van der Waals surface area contributed by atoms with Crippen molar-refractivity contribution in [1.29, 1.82) is 0 Å². The summed E-state index contributed by atoms with van der Waals surface area (Å²) in [7, 11) is 3.42. The molecule has 0 spiro atoms.